The molecule has 1 N–H and O–H groups in total. The van der Waals surface area contributed by atoms with Gasteiger partial charge >= 0.3 is 0 Å². The Kier molecular flexibility index (Phi) is 7.38. The Morgan fingerprint density at radius 2 is 1.69 bits per heavy atom. The third-order valence-corrected chi connectivity index (χ3v) is 7.60. The molecule has 2 aliphatic rings. The van der Waals surface area contributed by atoms with Gasteiger partial charge in [-0.25, -0.2) is 0 Å². The van der Waals surface area contributed by atoms with E-state index in [1.807, 2.05) is 36.4 Å². The summed E-state index contributed by atoms with van der Waals surface area (Å²) in [6.45, 7) is 5.11. The molecule has 8 heteroatoms. The van der Waals surface area contributed by atoms with Crippen molar-refractivity contribution < 1.29 is 9.53 Å². The first-order valence-electron chi connectivity index (χ1n) is 13.7. The van der Waals surface area contributed by atoms with Crippen molar-refractivity contribution in [2.24, 2.45) is 0 Å². The highest BCUT2D eigenvalue weighted by Gasteiger charge is 2.23. The molecule has 8 nitrogen and oxygen atoms in total. The fourth-order valence-electron chi connectivity index (χ4n) is 5.57. The predicted octanol–water partition coefficient (Wildman–Crippen LogP) is 4.19. The van der Waals surface area contributed by atoms with Crippen molar-refractivity contribution in [3.8, 4) is 22.8 Å². The van der Waals surface area contributed by atoms with Crippen LogP contribution in [-0.2, 0) is 24.2 Å². The van der Waals surface area contributed by atoms with E-state index in [4.69, 9.17) is 4.74 Å². The smallest absolute Gasteiger partial charge is 0.238 e. The molecule has 0 radical (unpaired) electrons. The zero-order valence-electron chi connectivity index (χ0n) is 22.3. The van der Waals surface area contributed by atoms with Gasteiger partial charge in [0.1, 0.15) is 11.6 Å². The minimum atomic E-state index is 0.0318. The van der Waals surface area contributed by atoms with Crippen molar-refractivity contribution in [3.63, 3.8) is 0 Å². The molecule has 6 rings (SSSR count). The van der Waals surface area contributed by atoms with Gasteiger partial charge < -0.3 is 10.1 Å². The van der Waals surface area contributed by atoms with Gasteiger partial charge in [0, 0.05) is 37.3 Å². The lowest BCUT2D eigenvalue weighted by Gasteiger charge is -2.22. The van der Waals surface area contributed by atoms with E-state index in [2.05, 4.69) is 66.3 Å². The lowest BCUT2D eigenvalue weighted by Crippen LogP contribution is -2.36. The highest BCUT2D eigenvalue weighted by molar-refractivity contribution is 5.92. The van der Waals surface area contributed by atoms with Gasteiger partial charge in [-0.05, 0) is 67.4 Å². The maximum atomic E-state index is 13.0. The number of amides is 1. The summed E-state index contributed by atoms with van der Waals surface area (Å²) < 4.78 is 7.42. The fraction of sp³-hybridized carbons (Fsp3) is 0.323. The molecule has 0 unspecified atom stereocenters. The van der Waals surface area contributed by atoms with E-state index in [0.717, 1.165) is 86.3 Å². The van der Waals surface area contributed by atoms with E-state index in [1.165, 1.54) is 11.1 Å². The first kappa shape index (κ1) is 25.3. The summed E-state index contributed by atoms with van der Waals surface area (Å²) in [7, 11) is 1.69. The number of aryl methyl sites for hydroxylation is 2. The Hall–Kier alpha value is -4.01. The number of aromatic nitrogens is 3. The van der Waals surface area contributed by atoms with E-state index >= 15 is 0 Å². The molecule has 3 aromatic carbocycles. The molecule has 2 aliphatic heterocycles. The molecule has 1 amide bonds. The van der Waals surface area contributed by atoms with Crippen LogP contribution in [0.5, 0.6) is 5.75 Å². The number of rotatable bonds is 7. The van der Waals surface area contributed by atoms with Gasteiger partial charge in [0.2, 0.25) is 5.91 Å². The van der Waals surface area contributed by atoms with E-state index in [1.54, 1.807) is 7.11 Å². The second kappa shape index (κ2) is 11.4. The molecule has 1 fully saturated rings. The number of carbonyl (C=O) groups is 1. The number of hydrogen-bond acceptors (Lipinski definition) is 6. The van der Waals surface area contributed by atoms with Crippen LogP contribution in [0.3, 0.4) is 0 Å². The lowest BCUT2D eigenvalue weighted by molar-refractivity contribution is -0.117. The Balaban J connectivity index is 1.06. The van der Waals surface area contributed by atoms with Crippen LogP contribution < -0.4 is 10.1 Å². The van der Waals surface area contributed by atoms with Crippen molar-refractivity contribution in [1.29, 1.82) is 0 Å². The molecule has 39 heavy (non-hydrogen) atoms. The number of fused-ring (bicyclic) bond motifs is 3. The highest BCUT2D eigenvalue weighted by Crippen LogP contribution is 2.31. The Morgan fingerprint density at radius 3 is 2.51 bits per heavy atom. The van der Waals surface area contributed by atoms with E-state index in [9.17, 15) is 4.79 Å². The molecule has 0 spiro atoms. The normalized spacial score (nSPS) is 15.7. The summed E-state index contributed by atoms with van der Waals surface area (Å²) in [5.41, 5.74) is 5.45. The van der Waals surface area contributed by atoms with Crippen molar-refractivity contribution in [1.82, 2.24) is 24.6 Å². The standard InChI is InChI=1S/C31H34N6O2/c1-39-27-12-8-23(9-13-27)21-35-16-5-17-36(19-18-35)22-30(38)32-26-11-14-28-25(20-26)10-15-29-33-34-31(37(28)29)24-6-3-2-4-7-24/h2-4,6-9,11-14,20H,5,10,15-19,21-22H2,1H3,(H,32,38). The van der Waals surface area contributed by atoms with Crippen molar-refractivity contribution >= 4 is 11.6 Å². The first-order chi connectivity index (χ1) is 19.2. The average Bonchev–Trinajstić information content (AvgIpc) is 3.29. The summed E-state index contributed by atoms with van der Waals surface area (Å²) >= 11 is 0. The van der Waals surface area contributed by atoms with Crippen molar-refractivity contribution in [2.45, 2.75) is 25.8 Å². The summed E-state index contributed by atoms with van der Waals surface area (Å²) in [5.74, 6) is 2.74. The number of anilines is 1. The van der Waals surface area contributed by atoms with Gasteiger partial charge in [-0.15, -0.1) is 10.2 Å². The molecule has 0 aliphatic carbocycles. The third-order valence-electron chi connectivity index (χ3n) is 7.60. The second-order valence-corrected chi connectivity index (χ2v) is 10.3. The summed E-state index contributed by atoms with van der Waals surface area (Å²) in [6.07, 6.45) is 2.75. The van der Waals surface area contributed by atoms with E-state index in [-0.39, 0.29) is 5.91 Å². The number of carbonyl (C=O) groups excluding carboxylic acids is 1. The summed E-state index contributed by atoms with van der Waals surface area (Å²) in [6, 6.07) is 24.6. The van der Waals surface area contributed by atoms with Gasteiger partial charge in [0.25, 0.3) is 0 Å². The maximum absolute atomic E-state index is 13.0. The number of benzene rings is 3. The van der Waals surface area contributed by atoms with Crippen molar-refractivity contribution in [3.05, 3.63) is 89.7 Å². The van der Waals surface area contributed by atoms with Crippen LogP contribution in [0.15, 0.2) is 72.8 Å². The molecule has 1 aromatic heterocycles. The van der Waals surface area contributed by atoms with Crippen LogP contribution in [0.4, 0.5) is 5.69 Å². The quantitative estimate of drug-likeness (QED) is 0.392. The minimum absolute atomic E-state index is 0.0318. The molecule has 4 aromatic rings. The molecule has 0 saturated carbocycles. The number of ether oxygens (including phenoxy) is 1. The van der Waals surface area contributed by atoms with Gasteiger partial charge in [-0.2, -0.15) is 0 Å². The van der Waals surface area contributed by atoms with Gasteiger partial charge in [0.15, 0.2) is 5.82 Å². The Morgan fingerprint density at radius 1 is 0.897 bits per heavy atom. The first-order valence-corrected chi connectivity index (χ1v) is 13.7. The zero-order chi connectivity index (χ0) is 26.6. The van der Waals surface area contributed by atoms with E-state index < -0.39 is 0 Å². The third kappa shape index (κ3) is 5.72. The van der Waals surface area contributed by atoms with Crippen LogP contribution in [0.25, 0.3) is 17.1 Å². The molecular formula is C31H34N6O2. The summed E-state index contributed by atoms with van der Waals surface area (Å²) in [5, 5.41) is 12.1. The number of hydrogen-bond donors (Lipinski definition) is 1. The van der Waals surface area contributed by atoms with Gasteiger partial charge in [-0.3, -0.25) is 19.2 Å². The van der Waals surface area contributed by atoms with Crippen LogP contribution in [-0.4, -0.2) is 70.3 Å². The molecule has 0 bridgehead atoms. The number of nitrogens with one attached hydrogen (secondary N) is 1. The van der Waals surface area contributed by atoms with Gasteiger partial charge in [0.05, 0.1) is 19.3 Å². The molecule has 3 heterocycles. The Bertz CT molecular complexity index is 1430. The fourth-order valence-corrected chi connectivity index (χ4v) is 5.57. The van der Waals surface area contributed by atoms with Crippen molar-refractivity contribution in [2.75, 3.05) is 45.2 Å². The van der Waals surface area contributed by atoms with Crippen LogP contribution in [0.1, 0.15) is 23.4 Å². The molecule has 1 saturated heterocycles. The minimum Gasteiger partial charge on any atom is -0.497 e. The molecular weight excluding hydrogens is 488 g/mol. The van der Waals surface area contributed by atoms with Gasteiger partial charge in [-0.1, -0.05) is 42.5 Å². The van der Waals surface area contributed by atoms with Crippen LogP contribution in [0, 0.1) is 0 Å². The number of nitrogens with zero attached hydrogens (tertiary/aromatic N) is 5. The monoisotopic (exact) mass is 522 g/mol. The number of methoxy groups -OCH3 is 1. The maximum Gasteiger partial charge on any atom is 0.238 e. The highest BCUT2D eigenvalue weighted by atomic mass is 16.5. The van der Waals surface area contributed by atoms with Crippen LogP contribution in [0.2, 0.25) is 0 Å². The predicted molar refractivity (Wildman–Crippen MR) is 152 cm³/mol. The van der Waals surface area contributed by atoms with E-state index in [0.29, 0.717) is 6.54 Å². The van der Waals surface area contributed by atoms with Crippen LogP contribution >= 0.6 is 0 Å². The molecule has 0 atom stereocenters. The second-order valence-electron chi connectivity index (χ2n) is 10.3. The Labute approximate surface area is 229 Å². The topological polar surface area (TPSA) is 75.5 Å². The summed E-state index contributed by atoms with van der Waals surface area (Å²) in [4.78, 5) is 17.7. The molecule has 200 valence electrons. The SMILES string of the molecule is COc1ccc(CN2CCCN(CC(=O)Nc3ccc4c(c3)CCc3nnc(-c5ccccc5)n3-4)CC2)cc1. The lowest BCUT2D eigenvalue weighted by atomic mass is 10.0. The largest absolute Gasteiger partial charge is 0.497 e. The zero-order valence-corrected chi connectivity index (χ0v) is 22.3. The average molecular weight is 523 g/mol.